The highest BCUT2D eigenvalue weighted by Crippen LogP contribution is 2.32. The number of aryl methyl sites for hydroxylation is 2. The van der Waals surface area contributed by atoms with Crippen LogP contribution in [0.15, 0.2) is 59.1 Å². The number of rotatable bonds is 7. The van der Waals surface area contributed by atoms with Gasteiger partial charge in [0.1, 0.15) is 5.52 Å². The third-order valence-corrected chi connectivity index (χ3v) is 9.31. The van der Waals surface area contributed by atoms with E-state index in [1.54, 1.807) is 23.1 Å². The number of hydrogen-bond donors (Lipinski definition) is 2. The zero-order chi connectivity index (χ0) is 28.7. The second kappa shape index (κ2) is 11.1. The van der Waals surface area contributed by atoms with E-state index in [2.05, 4.69) is 32.1 Å². The Balaban J connectivity index is 1.14. The van der Waals surface area contributed by atoms with Crippen LogP contribution in [0.25, 0.3) is 32.7 Å². The second-order valence-corrected chi connectivity index (χ2v) is 12.1. The highest BCUT2D eigenvalue weighted by molar-refractivity contribution is 7.13. The maximum atomic E-state index is 13.4. The Morgan fingerprint density at radius 1 is 1.07 bits per heavy atom. The summed E-state index contributed by atoms with van der Waals surface area (Å²) < 4.78 is 3.17. The number of piperidine rings is 1. The van der Waals surface area contributed by atoms with Crippen LogP contribution in [0, 0.1) is 6.92 Å². The van der Waals surface area contributed by atoms with Crippen LogP contribution in [0.3, 0.4) is 0 Å². The number of aromatic nitrogens is 5. The molecule has 1 aliphatic rings. The SMILES string of the molecule is Cc1ncsc1-c1ccc(CN2CCC(O)(Cn3cnc4c(-c5ccc(CN)cc5)n(C)nc4c3=O)CC2)c(Cl)c1. The molecule has 0 amide bonds. The monoisotopic (exact) mass is 589 g/mol. The fourth-order valence-corrected chi connectivity index (χ4v) is 6.61. The number of likely N-dealkylation sites (tertiary alicyclic amines) is 1. The van der Waals surface area contributed by atoms with E-state index in [1.165, 1.54) is 10.9 Å². The van der Waals surface area contributed by atoms with Crippen LogP contribution in [0.2, 0.25) is 5.02 Å². The van der Waals surface area contributed by atoms with Gasteiger partial charge in [-0.15, -0.1) is 11.3 Å². The van der Waals surface area contributed by atoms with Crippen LogP contribution in [0.1, 0.15) is 29.7 Å². The van der Waals surface area contributed by atoms with Crippen molar-refractivity contribution in [2.75, 3.05) is 13.1 Å². The van der Waals surface area contributed by atoms with Crippen molar-refractivity contribution in [1.29, 1.82) is 0 Å². The van der Waals surface area contributed by atoms with Crippen LogP contribution in [0.5, 0.6) is 0 Å². The molecular weight excluding hydrogens is 558 g/mol. The highest BCUT2D eigenvalue weighted by atomic mass is 35.5. The topological polar surface area (TPSA) is 115 Å². The summed E-state index contributed by atoms with van der Waals surface area (Å²) in [6.45, 7) is 4.72. The number of nitrogens with two attached hydrogens (primary N) is 1. The second-order valence-electron chi connectivity index (χ2n) is 10.8. The van der Waals surface area contributed by atoms with Crippen molar-refractivity contribution < 1.29 is 5.11 Å². The van der Waals surface area contributed by atoms with Gasteiger partial charge < -0.3 is 10.8 Å². The Morgan fingerprint density at radius 3 is 2.46 bits per heavy atom. The molecule has 0 radical (unpaired) electrons. The fourth-order valence-electron chi connectivity index (χ4n) is 5.57. The molecule has 5 aromatic rings. The molecule has 3 aromatic heterocycles. The lowest BCUT2D eigenvalue weighted by molar-refractivity contribution is -0.0364. The summed E-state index contributed by atoms with van der Waals surface area (Å²) >= 11 is 8.27. The largest absolute Gasteiger partial charge is 0.388 e. The van der Waals surface area contributed by atoms with Crippen molar-refractivity contribution in [3.05, 3.63) is 86.5 Å². The number of aliphatic hydroxyl groups is 1. The molecule has 9 nitrogen and oxygen atoms in total. The minimum atomic E-state index is -1.01. The molecule has 0 aliphatic carbocycles. The summed E-state index contributed by atoms with van der Waals surface area (Å²) in [6, 6.07) is 14.0. The number of thiazole rings is 1. The molecule has 11 heteroatoms. The van der Waals surface area contributed by atoms with Crippen molar-refractivity contribution in [3.8, 4) is 21.7 Å². The number of hydrogen-bond acceptors (Lipinski definition) is 8. The van der Waals surface area contributed by atoms with Gasteiger partial charge in [-0.25, -0.2) is 9.97 Å². The van der Waals surface area contributed by atoms with Gasteiger partial charge in [-0.3, -0.25) is 18.9 Å². The Morgan fingerprint density at radius 2 is 1.80 bits per heavy atom. The molecule has 212 valence electrons. The maximum Gasteiger partial charge on any atom is 0.281 e. The number of nitrogens with zero attached hydrogens (tertiary/aromatic N) is 6. The van der Waals surface area contributed by atoms with Gasteiger partial charge in [-0.2, -0.15) is 5.10 Å². The zero-order valence-electron chi connectivity index (χ0n) is 23.0. The maximum absolute atomic E-state index is 13.4. The molecule has 1 aliphatic heterocycles. The summed E-state index contributed by atoms with van der Waals surface area (Å²) in [4.78, 5) is 25.8. The lowest BCUT2D eigenvalue weighted by atomic mass is 9.91. The quantitative estimate of drug-likeness (QED) is 0.290. The third-order valence-electron chi connectivity index (χ3n) is 7.98. The Labute approximate surface area is 246 Å². The lowest BCUT2D eigenvalue weighted by Crippen LogP contribution is -2.47. The van der Waals surface area contributed by atoms with Crippen LogP contribution in [0.4, 0.5) is 0 Å². The summed E-state index contributed by atoms with van der Waals surface area (Å²) in [7, 11) is 1.81. The van der Waals surface area contributed by atoms with Gasteiger partial charge in [0.25, 0.3) is 5.56 Å². The molecule has 1 saturated heterocycles. The van der Waals surface area contributed by atoms with E-state index in [0.717, 1.165) is 43.5 Å². The summed E-state index contributed by atoms with van der Waals surface area (Å²) in [5.41, 5.74) is 13.0. The van der Waals surface area contributed by atoms with Gasteiger partial charge in [-0.05, 0) is 42.5 Å². The van der Waals surface area contributed by atoms with E-state index in [4.69, 9.17) is 17.3 Å². The van der Waals surface area contributed by atoms with Crippen molar-refractivity contribution >= 4 is 34.0 Å². The molecule has 4 heterocycles. The lowest BCUT2D eigenvalue weighted by Gasteiger charge is -2.38. The van der Waals surface area contributed by atoms with E-state index >= 15 is 0 Å². The van der Waals surface area contributed by atoms with Crippen LogP contribution >= 0.6 is 22.9 Å². The highest BCUT2D eigenvalue weighted by Gasteiger charge is 2.33. The van der Waals surface area contributed by atoms with Gasteiger partial charge in [-0.1, -0.05) is 48.0 Å². The number of benzene rings is 2. The van der Waals surface area contributed by atoms with Crippen LogP contribution < -0.4 is 11.3 Å². The van der Waals surface area contributed by atoms with Crippen LogP contribution in [-0.4, -0.2) is 53.0 Å². The fraction of sp³-hybridized carbons (Fsp3) is 0.333. The molecular formula is C30H32ClN7O2S. The first kappa shape index (κ1) is 27.7. The third kappa shape index (κ3) is 5.45. The first-order chi connectivity index (χ1) is 19.7. The van der Waals surface area contributed by atoms with Crippen molar-refractivity contribution in [2.24, 2.45) is 12.8 Å². The van der Waals surface area contributed by atoms with E-state index in [1.807, 2.05) is 42.8 Å². The molecule has 41 heavy (non-hydrogen) atoms. The van der Waals surface area contributed by atoms with E-state index in [9.17, 15) is 9.90 Å². The first-order valence-corrected chi connectivity index (χ1v) is 14.9. The van der Waals surface area contributed by atoms with Gasteiger partial charge in [0.2, 0.25) is 0 Å². The predicted octanol–water partition coefficient (Wildman–Crippen LogP) is 4.37. The van der Waals surface area contributed by atoms with E-state index < -0.39 is 5.60 Å². The van der Waals surface area contributed by atoms with Crippen molar-refractivity contribution in [3.63, 3.8) is 0 Å². The Bertz CT molecular complexity index is 1770. The molecule has 0 bridgehead atoms. The normalized spacial score (nSPS) is 15.5. The Hall–Kier alpha value is -3.41. The summed E-state index contributed by atoms with van der Waals surface area (Å²) in [5, 5.41) is 16.7. The average Bonchev–Trinajstić information content (AvgIpc) is 3.55. The molecule has 6 rings (SSSR count). The minimum Gasteiger partial charge on any atom is -0.388 e. The molecule has 0 atom stereocenters. The van der Waals surface area contributed by atoms with Crippen LogP contribution in [-0.2, 0) is 26.7 Å². The zero-order valence-corrected chi connectivity index (χ0v) is 24.6. The van der Waals surface area contributed by atoms with E-state index in [0.29, 0.717) is 50.1 Å². The minimum absolute atomic E-state index is 0.170. The van der Waals surface area contributed by atoms with Gasteiger partial charge in [0.05, 0.1) is 40.2 Å². The van der Waals surface area contributed by atoms with Gasteiger partial charge in [0.15, 0.2) is 5.52 Å². The number of fused-ring (bicyclic) bond motifs is 1. The standard InChI is InChI=1S/C30H32ClN7O2S/c1-19-28(41-18-34-19)22-7-8-23(24(31)13-22)15-37-11-9-30(40,10-12-37)16-38-17-33-25-26(29(38)39)35-36(2)27(25)21-5-3-20(14-32)4-6-21/h3-8,13,17-18,40H,9-12,14-16,32H2,1-2H3. The molecule has 3 N–H and O–H groups in total. The molecule has 1 fully saturated rings. The average molecular weight is 590 g/mol. The number of halogens is 1. The first-order valence-electron chi connectivity index (χ1n) is 13.6. The molecule has 0 unspecified atom stereocenters. The summed E-state index contributed by atoms with van der Waals surface area (Å²) in [5.74, 6) is 0. The van der Waals surface area contributed by atoms with E-state index in [-0.39, 0.29) is 12.1 Å². The van der Waals surface area contributed by atoms with Gasteiger partial charge >= 0.3 is 0 Å². The smallest absolute Gasteiger partial charge is 0.281 e. The van der Waals surface area contributed by atoms with Gasteiger partial charge in [0, 0.05) is 43.8 Å². The summed E-state index contributed by atoms with van der Waals surface area (Å²) in [6.07, 6.45) is 2.60. The van der Waals surface area contributed by atoms with Crippen molar-refractivity contribution in [1.82, 2.24) is 29.2 Å². The molecule has 0 spiro atoms. The molecule has 2 aromatic carbocycles. The van der Waals surface area contributed by atoms with Crippen molar-refractivity contribution in [2.45, 2.75) is 45.0 Å². The predicted molar refractivity (Wildman–Crippen MR) is 163 cm³/mol. The molecule has 0 saturated carbocycles. The Kier molecular flexibility index (Phi) is 7.52.